The first-order valence-corrected chi connectivity index (χ1v) is 13.1. The van der Waals surface area contributed by atoms with E-state index < -0.39 is 0 Å². The van der Waals surface area contributed by atoms with Crippen molar-refractivity contribution in [3.63, 3.8) is 0 Å². The van der Waals surface area contributed by atoms with Crippen LogP contribution in [0.2, 0.25) is 0 Å². The summed E-state index contributed by atoms with van der Waals surface area (Å²) < 4.78 is 2.09. The molecule has 0 saturated heterocycles. The zero-order valence-corrected chi connectivity index (χ0v) is 21.0. The molecule has 3 nitrogen and oxygen atoms in total. The van der Waals surface area contributed by atoms with Gasteiger partial charge in [0, 0.05) is 0 Å². The molecule has 0 spiro atoms. The summed E-state index contributed by atoms with van der Waals surface area (Å²) in [6.07, 6.45) is 0. The Kier molecular flexibility index (Phi) is 4.67. The summed E-state index contributed by atoms with van der Waals surface area (Å²) in [7, 11) is 0. The van der Waals surface area contributed by atoms with Gasteiger partial charge in [0.15, 0.2) is 0 Å². The van der Waals surface area contributed by atoms with Crippen LogP contribution in [0, 0.1) is 0 Å². The average molecular weight is 499 g/mol. The zero-order chi connectivity index (χ0) is 25.9. The first-order chi connectivity index (χ1) is 19.3. The Balaban J connectivity index is 1.50. The van der Waals surface area contributed by atoms with E-state index in [4.69, 9.17) is 0 Å². The molecule has 0 fully saturated rings. The van der Waals surface area contributed by atoms with Crippen molar-refractivity contribution >= 4 is 49.0 Å². The molecule has 182 valence electrons. The third kappa shape index (κ3) is 3.23. The van der Waals surface area contributed by atoms with Crippen molar-refractivity contribution < 1.29 is 0 Å². The Morgan fingerprint density at radius 3 is 1.74 bits per heavy atom. The molecule has 0 aliphatic carbocycles. The minimum absolute atomic E-state index is 0.211. The lowest BCUT2D eigenvalue weighted by atomic mass is 9.86. The van der Waals surface area contributed by atoms with Gasteiger partial charge in [-0.15, -0.1) is 0 Å². The lowest BCUT2D eigenvalue weighted by molar-refractivity contribution is 1.18. The fourth-order valence-electron chi connectivity index (χ4n) is 6.11. The second-order valence-corrected chi connectivity index (χ2v) is 9.94. The number of para-hydroxylation sites is 1. The van der Waals surface area contributed by atoms with E-state index in [-0.39, 0.29) is 5.56 Å². The Bertz CT molecular complexity index is 2240. The van der Waals surface area contributed by atoms with Crippen LogP contribution >= 0.6 is 0 Å². The van der Waals surface area contributed by atoms with Gasteiger partial charge in [0.05, 0.1) is 16.4 Å². The van der Waals surface area contributed by atoms with Gasteiger partial charge in [-0.3, -0.25) is 9.20 Å². The van der Waals surface area contributed by atoms with Gasteiger partial charge in [0.25, 0.3) is 5.56 Å². The quantitative estimate of drug-likeness (QED) is 0.177. The van der Waals surface area contributed by atoms with Crippen molar-refractivity contribution in [2.45, 2.75) is 0 Å². The van der Waals surface area contributed by atoms with Gasteiger partial charge in [0.1, 0.15) is 5.65 Å². The molecule has 0 bridgehead atoms. The third-order valence-electron chi connectivity index (χ3n) is 7.79. The Hall–Kier alpha value is -5.28. The molecule has 0 atom stereocenters. The number of rotatable bonds is 2. The Labute approximate surface area is 224 Å². The summed E-state index contributed by atoms with van der Waals surface area (Å²) in [6.45, 7) is 0. The highest BCUT2D eigenvalue weighted by atomic mass is 16.1. The largest absolute Gasteiger partial charge is 0.294 e. The van der Waals surface area contributed by atoms with Crippen molar-refractivity contribution in [3.8, 4) is 22.3 Å². The molecule has 39 heavy (non-hydrogen) atoms. The van der Waals surface area contributed by atoms with E-state index in [1.165, 1.54) is 21.9 Å². The fourth-order valence-corrected chi connectivity index (χ4v) is 6.11. The van der Waals surface area contributed by atoms with E-state index >= 15 is 0 Å². The molecule has 0 amide bonds. The first kappa shape index (κ1) is 21.8. The molecular weight excluding hydrogens is 476 g/mol. The zero-order valence-electron chi connectivity index (χ0n) is 21.0. The molecule has 6 aromatic carbocycles. The Morgan fingerprint density at radius 2 is 1.05 bits per heavy atom. The van der Waals surface area contributed by atoms with Crippen LogP contribution in [-0.2, 0) is 0 Å². The second-order valence-electron chi connectivity index (χ2n) is 9.94. The van der Waals surface area contributed by atoms with Crippen LogP contribution in [-0.4, -0.2) is 9.38 Å². The minimum Gasteiger partial charge on any atom is -0.294 e. The van der Waals surface area contributed by atoms with Crippen molar-refractivity contribution in [2.24, 2.45) is 0 Å². The molecule has 2 heterocycles. The van der Waals surface area contributed by atoms with Crippen molar-refractivity contribution in [1.82, 2.24) is 9.38 Å². The average Bonchev–Trinajstić information content (AvgIpc) is 3.00. The smallest absolute Gasteiger partial charge is 0.281 e. The highest BCUT2D eigenvalue weighted by molar-refractivity contribution is 6.21. The van der Waals surface area contributed by atoms with Crippen LogP contribution in [0.5, 0.6) is 0 Å². The maximum Gasteiger partial charge on any atom is 0.281 e. The molecule has 0 N–H and O–H groups in total. The predicted molar refractivity (Wildman–Crippen MR) is 162 cm³/mol. The molecule has 0 unspecified atom stereocenters. The van der Waals surface area contributed by atoms with Crippen LogP contribution in [0.4, 0.5) is 0 Å². The summed E-state index contributed by atoms with van der Waals surface area (Å²) in [5.74, 6) is 0. The van der Waals surface area contributed by atoms with Gasteiger partial charge < -0.3 is 0 Å². The van der Waals surface area contributed by atoms with Crippen LogP contribution in [0.25, 0.3) is 71.3 Å². The van der Waals surface area contributed by atoms with E-state index in [2.05, 4.69) is 113 Å². The van der Waals surface area contributed by atoms with Crippen LogP contribution in [0.3, 0.4) is 0 Å². The summed E-state index contributed by atoms with van der Waals surface area (Å²) in [5.41, 5.74) is 6.89. The van der Waals surface area contributed by atoms with Crippen molar-refractivity contribution in [2.75, 3.05) is 0 Å². The highest BCUT2D eigenvalue weighted by Gasteiger charge is 2.17. The van der Waals surface area contributed by atoms with Gasteiger partial charge in [-0.25, -0.2) is 0 Å². The number of pyridine rings is 1. The van der Waals surface area contributed by atoms with Crippen molar-refractivity contribution in [1.29, 1.82) is 0 Å². The molecule has 8 aromatic rings. The van der Waals surface area contributed by atoms with E-state index in [0.29, 0.717) is 11.0 Å². The maximum absolute atomic E-state index is 13.4. The number of hydrogen-bond acceptors (Lipinski definition) is 2. The van der Waals surface area contributed by atoms with Gasteiger partial charge >= 0.3 is 0 Å². The van der Waals surface area contributed by atoms with Crippen molar-refractivity contribution in [3.05, 3.63) is 144 Å². The standard InChI is InChI=1S/C36H22N2O/c39-36-30-22-25(18-20-32(30)38-31-17-9-4-10-23(31)19-21-33(38)37-36)35-28-15-7-5-13-26(28)34(24-11-2-1-3-12-24)27-14-6-8-16-29(27)35/h1-22H. The van der Waals surface area contributed by atoms with Gasteiger partial charge in [-0.05, 0) is 79.5 Å². The molecule has 0 radical (unpaired) electrons. The topological polar surface area (TPSA) is 34.4 Å². The van der Waals surface area contributed by atoms with E-state index in [1.807, 2.05) is 30.3 Å². The maximum atomic E-state index is 13.4. The van der Waals surface area contributed by atoms with E-state index in [0.717, 1.165) is 38.3 Å². The molecule has 2 aromatic heterocycles. The number of fused-ring (bicyclic) bond motifs is 7. The molecule has 0 aliphatic rings. The third-order valence-corrected chi connectivity index (χ3v) is 7.79. The molecule has 8 rings (SSSR count). The lowest BCUT2D eigenvalue weighted by Gasteiger charge is -2.18. The van der Waals surface area contributed by atoms with Gasteiger partial charge in [0.2, 0.25) is 0 Å². The van der Waals surface area contributed by atoms with Crippen LogP contribution in [0.15, 0.2) is 138 Å². The number of hydrogen-bond donors (Lipinski definition) is 0. The fraction of sp³-hybridized carbons (Fsp3) is 0. The lowest BCUT2D eigenvalue weighted by Crippen LogP contribution is -2.11. The first-order valence-electron chi connectivity index (χ1n) is 13.1. The normalized spacial score (nSPS) is 11.7. The second kappa shape index (κ2) is 8.37. The van der Waals surface area contributed by atoms with Crippen LogP contribution in [0.1, 0.15) is 0 Å². The Morgan fingerprint density at radius 1 is 0.462 bits per heavy atom. The summed E-state index contributed by atoms with van der Waals surface area (Å²) in [5, 5.41) is 6.42. The summed E-state index contributed by atoms with van der Waals surface area (Å²) in [4.78, 5) is 17.8. The monoisotopic (exact) mass is 498 g/mol. The van der Waals surface area contributed by atoms with E-state index in [1.54, 1.807) is 0 Å². The molecular formula is C36H22N2O. The summed E-state index contributed by atoms with van der Waals surface area (Å²) in [6, 6.07) is 46.1. The highest BCUT2D eigenvalue weighted by Crippen LogP contribution is 2.43. The summed E-state index contributed by atoms with van der Waals surface area (Å²) >= 11 is 0. The number of aromatic nitrogens is 2. The molecule has 3 heteroatoms. The number of benzene rings is 6. The predicted octanol–water partition coefficient (Wildman–Crippen LogP) is 8.64. The van der Waals surface area contributed by atoms with E-state index in [9.17, 15) is 4.79 Å². The number of nitrogens with zero attached hydrogens (tertiary/aromatic N) is 2. The minimum atomic E-state index is -0.211. The van der Waals surface area contributed by atoms with Crippen LogP contribution < -0.4 is 5.56 Å². The molecule has 0 aliphatic heterocycles. The SMILES string of the molecule is O=c1nc2ccc3ccccc3n2c2ccc(-c3c4ccccc4c(-c4ccccc4)c4ccccc34)cc12. The van der Waals surface area contributed by atoms with Gasteiger partial charge in [-0.1, -0.05) is 103 Å². The van der Waals surface area contributed by atoms with Gasteiger partial charge in [-0.2, -0.15) is 4.98 Å². The molecule has 0 saturated carbocycles.